The van der Waals surface area contributed by atoms with Gasteiger partial charge in [-0.25, -0.2) is 0 Å². The standard InChI is InChI=1S/C20H26N4O.ClH/c1-2-15(14-7-4-3-5-8-14)18-9-6-12-24(18)20(25)19-16-13-21-11-10-17(16)22-23-19;/h3-5,7-8,15,18,21H,2,6,9-13H2,1H3,(H,22,23);1H. The number of nitrogens with one attached hydrogen (secondary N) is 2. The summed E-state index contributed by atoms with van der Waals surface area (Å²) in [6.45, 7) is 4.74. The second kappa shape index (κ2) is 8.23. The Kier molecular flexibility index (Phi) is 5.99. The number of amides is 1. The largest absolute Gasteiger partial charge is 0.334 e. The molecule has 0 aliphatic carbocycles. The lowest BCUT2D eigenvalue weighted by atomic mass is 9.87. The molecule has 2 aliphatic rings. The Hall–Kier alpha value is -1.85. The first-order chi connectivity index (χ1) is 12.3. The Labute approximate surface area is 161 Å². The quantitative estimate of drug-likeness (QED) is 0.863. The molecule has 6 heteroatoms. The summed E-state index contributed by atoms with van der Waals surface area (Å²) in [7, 11) is 0. The van der Waals surface area contributed by atoms with Crippen LogP contribution in [-0.2, 0) is 13.0 Å². The Balaban J connectivity index is 0.00000196. The summed E-state index contributed by atoms with van der Waals surface area (Å²) >= 11 is 0. The topological polar surface area (TPSA) is 61.0 Å². The predicted octanol–water partition coefficient (Wildman–Crippen LogP) is 3.28. The summed E-state index contributed by atoms with van der Waals surface area (Å²) in [6, 6.07) is 10.9. The second-order valence-corrected chi connectivity index (χ2v) is 7.09. The van der Waals surface area contributed by atoms with Crippen LogP contribution >= 0.6 is 12.4 Å². The van der Waals surface area contributed by atoms with Crippen LogP contribution in [0.15, 0.2) is 30.3 Å². The second-order valence-electron chi connectivity index (χ2n) is 7.09. The number of aromatic nitrogens is 2. The number of halogens is 1. The molecule has 0 bridgehead atoms. The van der Waals surface area contributed by atoms with Crippen LogP contribution in [-0.4, -0.2) is 40.1 Å². The molecule has 140 valence electrons. The summed E-state index contributed by atoms with van der Waals surface area (Å²) in [6.07, 6.45) is 4.11. The van der Waals surface area contributed by atoms with E-state index in [1.807, 2.05) is 0 Å². The minimum Gasteiger partial charge on any atom is -0.334 e. The first kappa shape index (κ1) is 18.9. The van der Waals surface area contributed by atoms with Gasteiger partial charge in [-0.05, 0) is 24.8 Å². The highest BCUT2D eigenvalue weighted by atomic mass is 35.5. The van der Waals surface area contributed by atoms with Crippen molar-refractivity contribution in [2.75, 3.05) is 13.1 Å². The molecule has 4 rings (SSSR count). The van der Waals surface area contributed by atoms with E-state index in [9.17, 15) is 4.79 Å². The number of nitrogens with zero attached hydrogens (tertiary/aromatic N) is 2. The molecule has 2 aliphatic heterocycles. The van der Waals surface area contributed by atoms with E-state index in [0.29, 0.717) is 11.6 Å². The maximum Gasteiger partial charge on any atom is 0.274 e. The number of likely N-dealkylation sites (tertiary alicyclic amines) is 1. The molecule has 0 radical (unpaired) electrons. The van der Waals surface area contributed by atoms with Crippen molar-refractivity contribution >= 4 is 18.3 Å². The highest BCUT2D eigenvalue weighted by Gasteiger charge is 2.37. The zero-order chi connectivity index (χ0) is 17.2. The van der Waals surface area contributed by atoms with Gasteiger partial charge in [0.15, 0.2) is 5.69 Å². The van der Waals surface area contributed by atoms with Gasteiger partial charge in [0.1, 0.15) is 0 Å². The van der Waals surface area contributed by atoms with Gasteiger partial charge < -0.3 is 10.2 Å². The van der Waals surface area contributed by atoms with Crippen molar-refractivity contribution in [3.63, 3.8) is 0 Å². The van der Waals surface area contributed by atoms with Crippen molar-refractivity contribution in [1.82, 2.24) is 20.4 Å². The number of aromatic amines is 1. The first-order valence-corrected chi connectivity index (χ1v) is 9.42. The third-order valence-corrected chi connectivity index (χ3v) is 5.70. The van der Waals surface area contributed by atoms with E-state index >= 15 is 0 Å². The first-order valence-electron chi connectivity index (χ1n) is 9.42. The summed E-state index contributed by atoms with van der Waals surface area (Å²) in [4.78, 5) is 15.3. The van der Waals surface area contributed by atoms with Crippen molar-refractivity contribution in [1.29, 1.82) is 0 Å². The Morgan fingerprint density at radius 3 is 2.92 bits per heavy atom. The van der Waals surface area contributed by atoms with Gasteiger partial charge in [-0.1, -0.05) is 37.3 Å². The maximum atomic E-state index is 13.3. The molecule has 0 saturated carbocycles. The number of hydrogen-bond acceptors (Lipinski definition) is 3. The minimum absolute atomic E-state index is 0. The lowest BCUT2D eigenvalue weighted by Gasteiger charge is -2.31. The summed E-state index contributed by atoms with van der Waals surface area (Å²) in [5.41, 5.74) is 4.14. The average Bonchev–Trinajstić information content (AvgIpc) is 3.30. The van der Waals surface area contributed by atoms with E-state index in [4.69, 9.17) is 0 Å². The number of H-pyrrole nitrogens is 1. The summed E-state index contributed by atoms with van der Waals surface area (Å²) < 4.78 is 0. The van der Waals surface area contributed by atoms with Gasteiger partial charge in [0.25, 0.3) is 5.91 Å². The lowest BCUT2D eigenvalue weighted by Crippen LogP contribution is -2.40. The monoisotopic (exact) mass is 374 g/mol. The van der Waals surface area contributed by atoms with Crippen molar-refractivity contribution < 1.29 is 4.79 Å². The van der Waals surface area contributed by atoms with Crippen molar-refractivity contribution in [3.8, 4) is 0 Å². The van der Waals surface area contributed by atoms with Crippen LogP contribution in [0.3, 0.4) is 0 Å². The van der Waals surface area contributed by atoms with Crippen LogP contribution < -0.4 is 5.32 Å². The van der Waals surface area contributed by atoms with Crippen LogP contribution in [0.5, 0.6) is 0 Å². The number of carbonyl (C=O) groups excluding carboxylic acids is 1. The van der Waals surface area contributed by atoms with Crippen molar-refractivity contribution in [2.24, 2.45) is 0 Å². The lowest BCUT2D eigenvalue weighted by molar-refractivity contribution is 0.0707. The van der Waals surface area contributed by atoms with Gasteiger partial charge >= 0.3 is 0 Å². The SMILES string of the molecule is CCC(c1ccccc1)C1CCCN1C(=O)c1n[nH]c2c1CNCC2.Cl. The predicted molar refractivity (Wildman–Crippen MR) is 105 cm³/mol. The average molecular weight is 375 g/mol. The molecule has 0 spiro atoms. The number of rotatable bonds is 4. The normalized spacial score (nSPS) is 20.3. The Bertz CT molecular complexity index is 746. The van der Waals surface area contributed by atoms with Crippen LogP contribution in [0.2, 0.25) is 0 Å². The number of hydrogen-bond donors (Lipinski definition) is 2. The van der Waals surface area contributed by atoms with Gasteiger partial charge in [-0.15, -0.1) is 12.4 Å². The molecule has 3 heterocycles. The molecule has 5 nitrogen and oxygen atoms in total. The zero-order valence-electron chi connectivity index (χ0n) is 15.2. The minimum atomic E-state index is 0. The van der Waals surface area contributed by atoms with Gasteiger partial charge in [-0.3, -0.25) is 9.89 Å². The third-order valence-electron chi connectivity index (χ3n) is 5.70. The van der Waals surface area contributed by atoms with Gasteiger partial charge in [0.2, 0.25) is 0 Å². The zero-order valence-corrected chi connectivity index (χ0v) is 16.0. The smallest absolute Gasteiger partial charge is 0.274 e. The van der Waals surface area contributed by atoms with Crippen LogP contribution in [0.25, 0.3) is 0 Å². The fourth-order valence-electron chi connectivity index (χ4n) is 4.43. The van der Waals surface area contributed by atoms with E-state index in [1.165, 1.54) is 5.56 Å². The Morgan fingerprint density at radius 2 is 2.15 bits per heavy atom. The highest BCUT2D eigenvalue weighted by Crippen LogP contribution is 2.34. The number of carbonyl (C=O) groups is 1. The van der Waals surface area contributed by atoms with Crippen LogP contribution in [0.1, 0.15) is 59.4 Å². The summed E-state index contributed by atoms with van der Waals surface area (Å²) in [5.74, 6) is 0.485. The molecule has 2 unspecified atom stereocenters. The van der Waals surface area contributed by atoms with Gasteiger partial charge in [0.05, 0.1) is 0 Å². The molecule has 1 aromatic carbocycles. The highest BCUT2D eigenvalue weighted by molar-refractivity contribution is 5.94. The van der Waals surface area contributed by atoms with E-state index in [-0.39, 0.29) is 24.4 Å². The van der Waals surface area contributed by atoms with Crippen molar-refractivity contribution in [3.05, 3.63) is 52.8 Å². The number of fused-ring (bicyclic) bond motifs is 1. The number of benzene rings is 1. The molecular weight excluding hydrogens is 348 g/mol. The molecule has 26 heavy (non-hydrogen) atoms. The van der Waals surface area contributed by atoms with Crippen molar-refractivity contribution in [2.45, 2.75) is 51.1 Å². The van der Waals surface area contributed by atoms with E-state index in [2.05, 4.69) is 57.7 Å². The molecule has 1 saturated heterocycles. The van der Waals surface area contributed by atoms with E-state index < -0.39 is 0 Å². The van der Waals surface area contributed by atoms with Crippen LogP contribution in [0.4, 0.5) is 0 Å². The Morgan fingerprint density at radius 1 is 1.35 bits per heavy atom. The fourth-order valence-corrected chi connectivity index (χ4v) is 4.43. The molecule has 1 amide bonds. The van der Waals surface area contributed by atoms with Gasteiger partial charge in [-0.2, -0.15) is 5.10 Å². The molecular formula is C20H27ClN4O. The third kappa shape index (κ3) is 3.38. The van der Waals surface area contributed by atoms with Crippen LogP contribution in [0, 0.1) is 0 Å². The molecule has 2 atom stereocenters. The molecule has 2 N–H and O–H groups in total. The summed E-state index contributed by atoms with van der Waals surface area (Å²) in [5, 5.41) is 10.8. The molecule has 1 fully saturated rings. The molecule has 1 aromatic heterocycles. The maximum absolute atomic E-state index is 13.3. The van der Waals surface area contributed by atoms with E-state index in [0.717, 1.165) is 56.6 Å². The van der Waals surface area contributed by atoms with Gasteiger partial charge in [0, 0.05) is 49.3 Å². The molecule has 2 aromatic rings. The van der Waals surface area contributed by atoms with E-state index in [1.54, 1.807) is 0 Å². The fraction of sp³-hybridized carbons (Fsp3) is 0.500.